The molecule has 1 aliphatic heterocycles. The molecule has 0 aliphatic carbocycles. The lowest BCUT2D eigenvalue weighted by atomic mass is 10.00. The highest BCUT2D eigenvalue weighted by molar-refractivity contribution is 5.68. The number of H-pyrrole nitrogens is 1. The van der Waals surface area contributed by atoms with Gasteiger partial charge < -0.3 is 4.90 Å². The maximum absolute atomic E-state index is 12.8. The highest BCUT2D eigenvalue weighted by atomic mass is 19.4. The molecular formula is C16H14F3N3O. The summed E-state index contributed by atoms with van der Waals surface area (Å²) in [4.78, 5) is 19.0. The van der Waals surface area contributed by atoms with Crippen LogP contribution in [-0.2, 0) is 6.18 Å². The molecular weight excluding hydrogens is 307 g/mol. The summed E-state index contributed by atoms with van der Waals surface area (Å²) in [6, 6.07) is 10.3. The topological polar surface area (TPSA) is 49.0 Å². The monoisotopic (exact) mass is 321 g/mol. The molecule has 0 radical (unpaired) electrons. The molecule has 1 aliphatic rings. The lowest BCUT2D eigenvalue weighted by Gasteiger charge is -2.27. The van der Waals surface area contributed by atoms with E-state index in [9.17, 15) is 18.0 Å². The fourth-order valence-corrected chi connectivity index (χ4v) is 2.52. The van der Waals surface area contributed by atoms with E-state index in [1.165, 1.54) is 0 Å². The van der Waals surface area contributed by atoms with E-state index in [2.05, 4.69) is 9.97 Å². The van der Waals surface area contributed by atoms with Gasteiger partial charge in [0.2, 0.25) is 5.95 Å². The van der Waals surface area contributed by atoms with Gasteiger partial charge in [0, 0.05) is 19.2 Å². The van der Waals surface area contributed by atoms with Crippen LogP contribution in [0.1, 0.15) is 17.7 Å². The molecule has 1 aromatic carbocycles. The Morgan fingerprint density at radius 3 is 2.52 bits per heavy atom. The van der Waals surface area contributed by atoms with E-state index < -0.39 is 17.4 Å². The number of halogens is 3. The fourth-order valence-electron chi connectivity index (χ4n) is 2.52. The van der Waals surface area contributed by atoms with Crippen molar-refractivity contribution in [3.63, 3.8) is 0 Å². The second-order valence-corrected chi connectivity index (χ2v) is 5.24. The van der Waals surface area contributed by atoms with Gasteiger partial charge in [0.1, 0.15) is 0 Å². The Kier molecular flexibility index (Phi) is 3.94. The van der Waals surface area contributed by atoms with Crippen LogP contribution in [0.4, 0.5) is 19.1 Å². The van der Waals surface area contributed by atoms with Gasteiger partial charge in [-0.2, -0.15) is 13.2 Å². The third-order valence-electron chi connectivity index (χ3n) is 3.67. The second-order valence-electron chi connectivity index (χ2n) is 5.24. The standard InChI is InChI=1S/C16H14F3N3O/c17-16(18,19)13-10-14(23)21-15(20-13)22-8-6-12(7-9-22)11-4-2-1-3-5-11/h1-6,10H,7-9H2,(H,20,21,23). The molecule has 0 atom stereocenters. The first kappa shape index (κ1) is 15.3. The number of hydrogen-bond donors (Lipinski definition) is 1. The highest BCUT2D eigenvalue weighted by Crippen LogP contribution is 2.28. The van der Waals surface area contributed by atoms with E-state index in [4.69, 9.17) is 0 Å². The molecule has 7 heteroatoms. The molecule has 0 saturated heterocycles. The van der Waals surface area contributed by atoms with Crippen molar-refractivity contribution in [2.75, 3.05) is 18.0 Å². The zero-order valence-corrected chi connectivity index (χ0v) is 12.1. The maximum Gasteiger partial charge on any atom is 0.433 e. The molecule has 0 spiro atoms. The largest absolute Gasteiger partial charge is 0.433 e. The zero-order valence-electron chi connectivity index (χ0n) is 12.1. The Morgan fingerprint density at radius 1 is 1.17 bits per heavy atom. The summed E-state index contributed by atoms with van der Waals surface area (Å²) in [6.45, 7) is 0.888. The number of rotatable bonds is 2. The maximum atomic E-state index is 12.8. The predicted molar refractivity (Wildman–Crippen MR) is 81.1 cm³/mol. The van der Waals surface area contributed by atoms with Crippen molar-refractivity contribution in [3.8, 4) is 0 Å². The lowest BCUT2D eigenvalue weighted by molar-refractivity contribution is -0.141. The van der Waals surface area contributed by atoms with Gasteiger partial charge in [-0.1, -0.05) is 36.4 Å². The fraction of sp³-hybridized carbons (Fsp3) is 0.250. The van der Waals surface area contributed by atoms with E-state index in [0.29, 0.717) is 25.6 Å². The molecule has 0 unspecified atom stereocenters. The smallest absolute Gasteiger partial charge is 0.338 e. The van der Waals surface area contributed by atoms with Crippen LogP contribution in [0.5, 0.6) is 0 Å². The van der Waals surface area contributed by atoms with Gasteiger partial charge in [-0.3, -0.25) is 9.78 Å². The number of anilines is 1. The first-order valence-corrected chi connectivity index (χ1v) is 7.11. The minimum atomic E-state index is -4.64. The summed E-state index contributed by atoms with van der Waals surface area (Å²) in [5, 5.41) is 0. The van der Waals surface area contributed by atoms with Crippen LogP contribution in [0.25, 0.3) is 5.57 Å². The Labute approximate surface area is 130 Å². The first-order valence-electron chi connectivity index (χ1n) is 7.11. The van der Waals surface area contributed by atoms with Crippen molar-refractivity contribution in [3.05, 3.63) is 64.1 Å². The minimum absolute atomic E-state index is 0.0480. The highest BCUT2D eigenvalue weighted by Gasteiger charge is 2.34. The van der Waals surface area contributed by atoms with Gasteiger partial charge in [0.15, 0.2) is 5.69 Å². The van der Waals surface area contributed by atoms with Crippen LogP contribution in [0.2, 0.25) is 0 Å². The van der Waals surface area contributed by atoms with Crippen molar-refractivity contribution in [1.29, 1.82) is 0 Å². The number of aromatic nitrogens is 2. The van der Waals surface area contributed by atoms with Crippen LogP contribution in [0.3, 0.4) is 0 Å². The van der Waals surface area contributed by atoms with Gasteiger partial charge in [0.25, 0.3) is 5.56 Å². The zero-order chi connectivity index (χ0) is 16.4. The summed E-state index contributed by atoms with van der Waals surface area (Å²) in [7, 11) is 0. The van der Waals surface area contributed by atoms with E-state index >= 15 is 0 Å². The van der Waals surface area contributed by atoms with Gasteiger partial charge in [-0.05, 0) is 17.6 Å². The third-order valence-corrected chi connectivity index (χ3v) is 3.67. The van der Waals surface area contributed by atoms with Crippen LogP contribution >= 0.6 is 0 Å². The number of benzene rings is 1. The summed E-state index contributed by atoms with van der Waals surface area (Å²) < 4.78 is 38.3. The Balaban J connectivity index is 1.84. The molecule has 0 saturated carbocycles. The van der Waals surface area contributed by atoms with Gasteiger partial charge in [0.05, 0.1) is 0 Å². The SMILES string of the molecule is O=c1cc(C(F)(F)F)nc(N2CC=C(c3ccccc3)CC2)[nH]1. The molecule has 23 heavy (non-hydrogen) atoms. The number of hydrogen-bond acceptors (Lipinski definition) is 3. The van der Waals surface area contributed by atoms with E-state index in [1.54, 1.807) is 4.90 Å². The average Bonchev–Trinajstić information content (AvgIpc) is 2.54. The summed E-state index contributed by atoms with van der Waals surface area (Å²) in [6.07, 6.45) is -2.02. The summed E-state index contributed by atoms with van der Waals surface area (Å²) in [5.74, 6) is -0.0480. The summed E-state index contributed by atoms with van der Waals surface area (Å²) in [5.41, 5.74) is 0.253. The van der Waals surface area contributed by atoms with Crippen molar-refractivity contribution in [2.45, 2.75) is 12.6 Å². The second kappa shape index (κ2) is 5.91. The number of nitrogens with one attached hydrogen (secondary N) is 1. The third kappa shape index (κ3) is 3.44. The minimum Gasteiger partial charge on any atom is -0.338 e. The Morgan fingerprint density at radius 2 is 1.91 bits per heavy atom. The van der Waals surface area contributed by atoms with Crippen LogP contribution in [0, 0.1) is 0 Å². The Bertz CT molecular complexity index is 781. The van der Waals surface area contributed by atoms with Crippen molar-refractivity contribution in [1.82, 2.24) is 9.97 Å². The molecule has 4 nitrogen and oxygen atoms in total. The van der Waals surface area contributed by atoms with E-state index in [0.717, 1.165) is 11.1 Å². The molecule has 1 N–H and O–H groups in total. The Hall–Kier alpha value is -2.57. The molecule has 0 fully saturated rings. The first-order chi connectivity index (χ1) is 10.9. The van der Waals surface area contributed by atoms with E-state index in [1.807, 2.05) is 36.4 Å². The summed E-state index contributed by atoms with van der Waals surface area (Å²) >= 11 is 0. The average molecular weight is 321 g/mol. The predicted octanol–water partition coefficient (Wildman–Crippen LogP) is 3.08. The molecule has 3 rings (SSSR count). The molecule has 0 amide bonds. The van der Waals surface area contributed by atoms with Crippen molar-refractivity contribution in [2.24, 2.45) is 0 Å². The number of aromatic amines is 1. The normalized spacial score (nSPS) is 15.4. The molecule has 120 valence electrons. The van der Waals surface area contributed by atoms with Crippen LogP contribution in [0.15, 0.2) is 47.3 Å². The van der Waals surface area contributed by atoms with Crippen molar-refractivity contribution < 1.29 is 13.2 Å². The molecule has 2 heterocycles. The number of alkyl halides is 3. The van der Waals surface area contributed by atoms with Crippen LogP contribution in [-0.4, -0.2) is 23.1 Å². The quantitative estimate of drug-likeness (QED) is 0.925. The van der Waals surface area contributed by atoms with E-state index in [-0.39, 0.29) is 5.95 Å². The molecule has 2 aromatic rings. The van der Waals surface area contributed by atoms with Gasteiger partial charge >= 0.3 is 6.18 Å². The van der Waals surface area contributed by atoms with Gasteiger partial charge in [-0.15, -0.1) is 0 Å². The van der Waals surface area contributed by atoms with Gasteiger partial charge in [-0.25, -0.2) is 4.98 Å². The lowest BCUT2D eigenvalue weighted by Crippen LogP contribution is -2.32. The molecule has 0 bridgehead atoms. The molecule has 1 aromatic heterocycles. The van der Waals surface area contributed by atoms with Crippen molar-refractivity contribution >= 4 is 11.5 Å². The van der Waals surface area contributed by atoms with Crippen LogP contribution < -0.4 is 10.5 Å². The number of nitrogens with zero attached hydrogens (tertiary/aromatic N) is 2.